The average Bonchev–Trinajstić information content (AvgIpc) is 2.40. The number of nitrogens with zero attached hydrogens (tertiary/aromatic N) is 2. The van der Waals surface area contributed by atoms with Gasteiger partial charge in [-0.1, -0.05) is 6.07 Å². The van der Waals surface area contributed by atoms with Crippen molar-refractivity contribution in [3.63, 3.8) is 0 Å². The number of hydrogen-bond donors (Lipinski definition) is 0. The highest BCUT2D eigenvalue weighted by molar-refractivity contribution is 5.15. The molecule has 2 aromatic rings. The summed E-state index contributed by atoms with van der Waals surface area (Å²) in [7, 11) is 0. The van der Waals surface area contributed by atoms with E-state index >= 15 is 0 Å². The molecule has 6 heteroatoms. The summed E-state index contributed by atoms with van der Waals surface area (Å²) in [5, 5.41) is 0. The topological polar surface area (TPSA) is 25.8 Å². The Morgan fingerprint density at radius 3 is 1.85 bits per heavy atom. The molecule has 0 atom stereocenters. The second-order valence-electron chi connectivity index (χ2n) is 4.12. The highest BCUT2D eigenvalue weighted by Gasteiger charge is 2.07. The molecule has 0 saturated carbocycles. The third-order valence-electron chi connectivity index (χ3n) is 2.32. The van der Waals surface area contributed by atoms with Crippen LogP contribution in [0.3, 0.4) is 0 Å². The van der Waals surface area contributed by atoms with Crippen LogP contribution in [0, 0.1) is 13.8 Å². The number of alkyl halides is 4. The van der Waals surface area contributed by atoms with Crippen molar-refractivity contribution in [1.29, 1.82) is 0 Å². The Labute approximate surface area is 114 Å². The van der Waals surface area contributed by atoms with E-state index in [-0.39, 0.29) is 11.4 Å². The fraction of sp³-hybridized carbons (Fsp3) is 0.286. The summed E-state index contributed by atoms with van der Waals surface area (Å²) in [5.41, 5.74) is 1.39. The van der Waals surface area contributed by atoms with Crippen LogP contribution in [0.1, 0.15) is 35.4 Å². The molecule has 0 aromatic carbocycles. The highest BCUT2D eigenvalue weighted by atomic mass is 19.3. The zero-order valence-electron chi connectivity index (χ0n) is 11.0. The van der Waals surface area contributed by atoms with E-state index in [1.807, 2.05) is 6.92 Å². The second-order valence-corrected chi connectivity index (χ2v) is 4.12. The van der Waals surface area contributed by atoms with Crippen molar-refractivity contribution in [2.24, 2.45) is 0 Å². The molecule has 2 nitrogen and oxygen atoms in total. The molecule has 2 rings (SSSR count). The Balaban J connectivity index is 0.000000200. The van der Waals surface area contributed by atoms with Gasteiger partial charge in [-0.05, 0) is 43.2 Å². The lowest BCUT2D eigenvalue weighted by Gasteiger charge is -1.97. The molecule has 2 heterocycles. The van der Waals surface area contributed by atoms with Crippen LogP contribution < -0.4 is 0 Å². The molecule has 0 aliphatic heterocycles. The van der Waals surface area contributed by atoms with Gasteiger partial charge in [-0.2, -0.15) is 0 Å². The average molecular weight is 286 g/mol. The van der Waals surface area contributed by atoms with Crippen molar-refractivity contribution in [1.82, 2.24) is 9.97 Å². The number of halogens is 4. The first-order valence-corrected chi connectivity index (χ1v) is 5.81. The first-order chi connectivity index (χ1) is 9.40. The lowest BCUT2D eigenvalue weighted by Crippen LogP contribution is -1.88. The Morgan fingerprint density at radius 1 is 0.800 bits per heavy atom. The minimum Gasteiger partial charge on any atom is -0.255 e. The lowest BCUT2D eigenvalue weighted by molar-refractivity contribution is 0.145. The van der Waals surface area contributed by atoms with Crippen LogP contribution in [0.5, 0.6) is 0 Å². The molecule has 0 saturated heterocycles. The first kappa shape index (κ1) is 16.1. The van der Waals surface area contributed by atoms with Gasteiger partial charge in [-0.15, -0.1) is 0 Å². The Morgan fingerprint density at radius 2 is 1.45 bits per heavy atom. The van der Waals surface area contributed by atoms with Crippen molar-refractivity contribution in [3.05, 3.63) is 59.2 Å². The Hall–Kier alpha value is -1.98. The maximum Gasteiger partial charge on any atom is 0.280 e. The van der Waals surface area contributed by atoms with E-state index in [0.29, 0.717) is 0 Å². The summed E-state index contributed by atoms with van der Waals surface area (Å²) in [6, 6.07) is 6.02. The van der Waals surface area contributed by atoms with Gasteiger partial charge in [0.2, 0.25) is 0 Å². The number of hydrogen-bond acceptors (Lipinski definition) is 2. The van der Waals surface area contributed by atoms with E-state index in [2.05, 4.69) is 9.97 Å². The van der Waals surface area contributed by atoms with E-state index in [4.69, 9.17) is 0 Å². The number of rotatable bonds is 2. The summed E-state index contributed by atoms with van der Waals surface area (Å²) in [4.78, 5) is 7.02. The van der Waals surface area contributed by atoms with Crippen LogP contribution >= 0.6 is 0 Å². The van der Waals surface area contributed by atoms with Crippen molar-refractivity contribution in [2.45, 2.75) is 26.7 Å². The molecule has 0 N–H and O–H groups in total. The van der Waals surface area contributed by atoms with E-state index < -0.39 is 12.9 Å². The molecule has 0 aliphatic rings. The summed E-state index contributed by atoms with van der Waals surface area (Å²) >= 11 is 0. The van der Waals surface area contributed by atoms with Crippen molar-refractivity contribution < 1.29 is 17.6 Å². The molecular formula is C14H14F4N2. The molecule has 0 bridgehead atoms. The Bertz CT molecular complexity index is 527. The molecule has 0 unspecified atom stereocenters. The maximum atomic E-state index is 11.9. The largest absolute Gasteiger partial charge is 0.280 e. The van der Waals surface area contributed by atoms with Gasteiger partial charge < -0.3 is 0 Å². The van der Waals surface area contributed by atoms with Crippen LogP contribution in [0.15, 0.2) is 36.7 Å². The zero-order valence-corrected chi connectivity index (χ0v) is 11.0. The number of pyridine rings is 2. The van der Waals surface area contributed by atoms with Gasteiger partial charge in [-0.3, -0.25) is 9.97 Å². The zero-order chi connectivity index (χ0) is 15.1. The summed E-state index contributed by atoms with van der Waals surface area (Å²) < 4.78 is 47.4. The van der Waals surface area contributed by atoms with Gasteiger partial charge in [0.1, 0.15) is 11.4 Å². The van der Waals surface area contributed by atoms with Gasteiger partial charge in [0.05, 0.1) is 0 Å². The number of aryl methyl sites for hydroxylation is 2. The second kappa shape index (κ2) is 7.57. The quantitative estimate of drug-likeness (QED) is 0.751. The molecule has 2 aromatic heterocycles. The minimum atomic E-state index is -2.46. The highest BCUT2D eigenvalue weighted by Crippen LogP contribution is 2.16. The van der Waals surface area contributed by atoms with Gasteiger partial charge in [0, 0.05) is 12.4 Å². The molecule has 0 spiro atoms. The maximum absolute atomic E-state index is 11.9. The Kier molecular flexibility index (Phi) is 6.09. The van der Waals surface area contributed by atoms with Crippen LogP contribution in [0.4, 0.5) is 17.6 Å². The van der Waals surface area contributed by atoms with Gasteiger partial charge in [0.25, 0.3) is 12.9 Å². The SMILES string of the molecule is Cc1ccc(C(F)F)nc1.Cc1ccnc(C(F)F)c1. The van der Waals surface area contributed by atoms with Crippen molar-refractivity contribution >= 4 is 0 Å². The summed E-state index contributed by atoms with van der Waals surface area (Å²) in [5.74, 6) is 0. The molecular weight excluding hydrogens is 272 g/mol. The summed E-state index contributed by atoms with van der Waals surface area (Å²) in [6.07, 6.45) is -2.10. The molecule has 0 amide bonds. The first-order valence-electron chi connectivity index (χ1n) is 5.81. The monoisotopic (exact) mass is 286 g/mol. The minimum absolute atomic E-state index is 0.153. The molecule has 20 heavy (non-hydrogen) atoms. The third kappa shape index (κ3) is 5.34. The van der Waals surface area contributed by atoms with Crippen LogP contribution in [0.2, 0.25) is 0 Å². The third-order valence-corrected chi connectivity index (χ3v) is 2.32. The molecule has 0 aliphatic carbocycles. The van der Waals surface area contributed by atoms with Gasteiger partial charge >= 0.3 is 0 Å². The van der Waals surface area contributed by atoms with Crippen LogP contribution in [0.25, 0.3) is 0 Å². The fourth-order valence-corrected chi connectivity index (χ4v) is 1.29. The van der Waals surface area contributed by atoms with Crippen molar-refractivity contribution in [3.8, 4) is 0 Å². The predicted octanol–water partition coefficient (Wildman–Crippen LogP) is 4.66. The van der Waals surface area contributed by atoms with E-state index in [9.17, 15) is 17.6 Å². The number of aromatic nitrogens is 2. The lowest BCUT2D eigenvalue weighted by atomic mass is 10.2. The van der Waals surface area contributed by atoms with Gasteiger partial charge in [0.15, 0.2) is 0 Å². The molecule has 0 fully saturated rings. The van der Waals surface area contributed by atoms with E-state index in [1.54, 1.807) is 19.1 Å². The normalized spacial score (nSPS) is 10.4. The van der Waals surface area contributed by atoms with Crippen LogP contribution in [-0.4, -0.2) is 9.97 Å². The van der Waals surface area contributed by atoms with Crippen LogP contribution in [-0.2, 0) is 0 Å². The summed E-state index contributed by atoms with van der Waals surface area (Å²) in [6.45, 7) is 3.57. The standard InChI is InChI=1S/2C7H7F2N/c1-5-2-3-10-6(4-5)7(8)9;1-5-2-3-6(7(8)9)10-4-5/h2*2-4,7H,1H3. The van der Waals surface area contributed by atoms with E-state index in [1.165, 1.54) is 24.5 Å². The van der Waals surface area contributed by atoms with Gasteiger partial charge in [-0.25, -0.2) is 17.6 Å². The molecule has 0 radical (unpaired) electrons. The van der Waals surface area contributed by atoms with E-state index in [0.717, 1.165) is 11.1 Å². The molecule has 108 valence electrons. The predicted molar refractivity (Wildman–Crippen MR) is 67.9 cm³/mol. The smallest absolute Gasteiger partial charge is 0.255 e. The van der Waals surface area contributed by atoms with Crippen molar-refractivity contribution in [2.75, 3.05) is 0 Å². The fourth-order valence-electron chi connectivity index (χ4n) is 1.29.